The monoisotopic (exact) mass is 448 g/mol. The number of unbranched alkanes of at least 4 members (excludes halogenated alkanes) is 6. The third-order valence-electron chi connectivity index (χ3n) is 5.36. The number of carbonyl (C=O) groups excluding carboxylic acids is 2. The Bertz CT molecular complexity index is 649. The molecule has 0 N–H and O–H groups in total. The van der Waals surface area contributed by atoms with E-state index in [0.29, 0.717) is 18.6 Å². The minimum atomic E-state index is -0.308. The van der Waals surface area contributed by atoms with E-state index >= 15 is 0 Å². The van der Waals surface area contributed by atoms with Crippen molar-refractivity contribution < 1.29 is 23.8 Å². The highest BCUT2D eigenvalue weighted by atomic mass is 16.6. The summed E-state index contributed by atoms with van der Waals surface area (Å²) in [5.41, 5.74) is 0. The van der Waals surface area contributed by atoms with Crippen molar-refractivity contribution in [2.24, 2.45) is 0 Å². The molecule has 0 unspecified atom stereocenters. The Morgan fingerprint density at radius 2 is 1.22 bits per heavy atom. The number of ether oxygens (including phenoxy) is 3. The maximum Gasteiger partial charge on any atom is 0.311 e. The van der Waals surface area contributed by atoms with Crippen molar-refractivity contribution in [2.45, 2.75) is 124 Å². The summed E-state index contributed by atoms with van der Waals surface area (Å²) in [6, 6.07) is 5.15. The molecule has 32 heavy (non-hydrogen) atoms. The number of hydrogen-bond donors (Lipinski definition) is 0. The molecule has 0 heterocycles. The average Bonchev–Trinajstić information content (AvgIpc) is 2.76. The molecule has 1 aromatic carbocycles. The van der Waals surface area contributed by atoms with Gasteiger partial charge in [-0.15, -0.1) is 0 Å². The second kappa shape index (κ2) is 17.5. The topological polar surface area (TPSA) is 61.8 Å². The van der Waals surface area contributed by atoms with Crippen molar-refractivity contribution in [3.8, 4) is 17.2 Å². The summed E-state index contributed by atoms with van der Waals surface area (Å²) >= 11 is 0. The highest BCUT2D eigenvalue weighted by Gasteiger charge is 2.17. The minimum absolute atomic E-state index is 0.120. The van der Waals surface area contributed by atoms with Gasteiger partial charge in [-0.25, -0.2) is 0 Å². The summed E-state index contributed by atoms with van der Waals surface area (Å²) < 4.78 is 17.3. The van der Waals surface area contributed by atoms with E-state index in [0.717, 1.165) is 77.0 Å². The summed E-state index contributed by atoms with van der Waals surface area (Å²) in [5, 5.41) is 0. The normalized spacial score (nSPS) is 10.9. The zero-order chi connectivity index (χ0) is 23.6. The number of hydrogen-bond acceptors (Lipinski definition) is 5. The Labute approximate surface area is 195 Å². The molecule has 182 valence electrons. The van der Waals surface area contributed by atoms with Crippen LogP contribution >= 0.6 is 0 Å². The first-order valence-corrected chi connectivity index (χ1v) is 12.8. The predicted octanol–water partition coefficient (Wildman–Crippen LogP) is 7.79. The quantitative estimate of drug-likeness (QED) is 0.130. The van der Waals surface area contributed by atoms with E-state index in [1.54, 1.807) is 18.2 Å². The lowest BCUT2D eigenvalue weighted by molar-refractivity contribution is -0.137. The summed E-state index contributed by atoms with van der Waals surface area (Å²) in [7, 11) is 0. The van der Waals surface area contributed by atoms with Gasteiger partial charge < -0.3 is 14.2 Å². The molecule has 0 saturated heterocycles. The maximum absolute atomic E-state index is 12.4. The first-order chi connectivity index (χ1) is 15.5. The van der Waals surface area contributed by atoms with E-state index in [2.05, 4.69) is 27.7 Å². The molecular formula is C27H44O5. The van der Waals surface area contributed by atoms with Gasteiger partial charge in [-0.1, -0.05) is 79.1 Å². The molecule has 0 atom stereocenters. The van der Waals surface area contributed by atoms with Crippen LogP contribution in [-0.4, -0.2) is 18.0 Å². The Hall–Kier alpha value is -2.04. The Morgan fingerprint density at radius 3 is 1.72 bits per heavy atom. The van der Waals surface area contributed by atoms with Crippen LogP contribution in [0.4, 0.5) is 0 Å². The first kappa shape index (κ1) is 28.0. The fraction of sp³-hybridized carbons (Fsp3) is 0.704. The molecule has 1 rings (SSSR count). The van der Waals surface area contributed by atoms with Gasteiger partial charge in [0.2, 0.25) is 0 Å². The molecule has 0 aliphatic rings. The molecule has 0 saturated carbocycles. The van der Waals surface area contributed by atoms with Gasteiger partial charge in [0.1, 0.15) is 5.75 Å². The number of esters is 2. The van der Waals surface area contributed by atoms with Crippen LogP contribution in [0.2, 0.25) is 0 Å². The van der Waals surface area contributed by atoms with Crippen LogP contribution in [-0.2, 0) is 9.59 Å². The lowest BCUT2D eigenvalue weighted by atomic mass is 10.1. The highest BCUT2D eigenvalue weighted by Crippen LogP contribution is 2.33. The smallest absolute Gasteiger partial charge is 0.311 e. The van der Waals surface area contributed by atoms with Gasteiger partial charge >= 0.3 is 11.9 Å². The van der Waals surface area contributed by atoms with E-state index in [4.69, 9.17) is 14.2 Å². The average molecular weight is 449 g/mol. The molecule has 0 amide bonds. The van der Waals surface area contributed by atoms with Crippen LogP contribution in [0.3, 0.4) is 0 Å². The van der Waals surface area contributed by atoms with Gasteiger partial charge in [0.25, 0.3) is 0 Å². The van der Waals surface area contributed by atoms with E-state index < -0.39 is 0 Å². The van der Waals surface area contributed by atoms with Gasteiger partial charge in [-0.3, -0.25) is 9.59 Å². The second-order valence-electron chi connectivity index (χ2n) is 8.50. The zero-order valence-electron chi connectivity index (χ0n) is 20.8. The molecule has 5 nitrogen and oxygen atoms in total. The lowest BCUT2D eigenvalue weighted by Gasteiger charge is -2.19. The molecule has 1 aromatic rings. The predicted molar refractivity (Wildman–Crippen MR) is 129 cm³/mol. The van der Waals surface area contributed by atoms with Crippen LogP contribution in [0.5, 0.6) is 17.2 Å². The van der Waals surface area contributed by atoms with Crippen molar-refractivity contribution >= 4 is 11.9 Å². The lowest BCUT2D eigenvalue weighted by Crippen LogP contribution is -2.16. The third-order valence-corrected chi connectivity index (χ3v) is 5.36. The molecule has 0 spiro atoms. The molecule has 0 aliphatic carbocycles. The summed E-state index contributed by atoms with van der Waals surface area (Å²) in [6.07, 6.45) is 12.9. The summed E-state index contributed by atoms with van der Waals surface area (Å²) in [5.74, 6) is 0.564. The van der Waals surface area contributed by atoms with Gasteiger partial charge in [0, 0.05) is 18.9 Å². The van der Waals surface area contributed by atoms with E-state index in [9.17, 15) is 9.59 Å². The van der Waals surface area contributed by atoms with Crippen LogP contribution < -0.4 is 14.2 Å². The highest BCUT2D eigenvalue weighted by molar-refractivity contribution is 5.76. The van der Waals surface area contributed by atoms with E-state index in [1.807, 2.05) is 0 Å². The van der Waals surface area contributed by atoms with Crippen molar-refractivity contribution in [3.05, 3.63) is 18.2 Å². The molecule has 0 radical (unpaired) electrons. The fourth-order valence-electron chi connectivity index (χ4n) is 3.56. The van der Waals surface area contributed by atoms with Gasteiger partial charge in [-0.2, -0.15) is 0 Å². The summed E-state index contributed by atoms with van der Waals surface area (Å²) in [6.45, 7) is 8.55. The number of carbonyl (C=O) groups is 2. The van der Waals surface area contributed by atoms with Crippen molar-refractivity contribution in [1.29, 1.82) is 0 Å². The number of rotatable bonds is 18. The number of benzene rings is 1. The maximum atomic E-state index is 12.4. The van der Waals surface area contributed by atoms with Crippen molar-refractivity contribution in [1.82, 2.24) is 0 Å². The molecule has 0 fully saturated rings. The van der Waals surface area contributed by atoms with Gasteiger partial charge in [0.15, 0.2) is 11.5 Å². The van der Waals surface area contributed by atoms with Crippen LogP contribution in [0, 0.1) is 0 Å². The SMILES string of the molecule is CCCCCCC(=O)Oc1ccc(OC(CCC)CCC)cc1OC(=O)CCCCCC. The fourth-order valence-corrected chi connectivity index (χ4v) is 3.56. The Kier molecular flexibility index (Phi) is 15.3. The third kappa shape index (κ3) is 12.1. The van der Waals surface area contributed by atoms with Crippen molar-refractivity contribution in [3.63, 3.8) is 0 Å². The van der Waals surface area contributed by atoms with E-state index in [-0.39, 0.29) is 29.5 Å². The zero-order valence-corrected chi connectivity index (χ0v) is 20.8. The van der Waals surface area contributed by atoms with Crippen LogP contribution in [0.25, 0.3) is 0 Å². The van der Waals surface area contributed by atoms with Gasteiger partial charge in [0.05, 0.1) is 6.10 Å². The minimum Gasteiger partial charge on any atom is -0.490 e. The molecule has 0 bridgehead atoms. The molecule has 5 heteroatoms. The Morgan fingerprint density at radius 1 is 0.688 bits per heavy atom. The molecule has 0 aromatic heterocycles. The summed E-state index contributed by atoms with van der Waals surface area (Å²) in [4.78, 5) is 24.7. The van der Waals surface area contributed by atoms with Crippen molar-refractivity contribution in [2.75, 3.05) is 0 Å². The Balaban J connectivity index is 2.88. The second-order valence-corrected chi connectivity index (χ2v) is 8.50. The van der Waals surface area contributed by atoms with Crippen LogP contribution in [0.15, 0.2) is 18.2 Å². The largest absolute Gasteiger partial charge is 0.490 e. The first-order valence-electron chi connectivity index (χ1n) is 12.8. The van der Waals surface area contributed by atoms with Gasteiger partial charge in [-0.05, 0) is 37.8 Å². The van der Waals surface area contributed by atoms with E-state index in [1.165, 1.54) is 0 Å². The molecular weight excluding hydrogens is 404 g/mol. The standard InChI is InChI=1S/C27H44O5/c1-5-9-11-13-17-26(28)31-24-20-19-23(30-22(15-7-3)16-8-4)21-25(24)32-27(29)18-14-12-10-6-2/h19-22H,5-18H2,1-4H3. The van der Waals surface area contributed by atoms with Crippen LogP contribution in [0.1, 0.15) is 118 Å². The molecule has 0 aliphatic heterocycles.